The van der Waals surface area contributed by atoms with Gasteiger partial charge >= 0.3 is 0 Å². The summed E-state index contributed by atoms with van der Waals surface area (Å²) in [5, 5.41) is 3.08. The summed E-state index contributed by atoms with van der Waals surface area (Å²) in [6.07, 6.45) is 4.72. The van der Waals surface area contributed by atoms with Crippen molar-refractivity contribution in [3.8, 4) is 0 Å². The minimum atomic E-state index is -4.23. The Morgan fingerprint density at radius 3 is 2.61 bits per heavy atom. The molecule has 1 atom stereocenters. The number of hydrogen-bond acceptors (Lipinski definition) is 6. The van der Waals surface area contributed by atoms with Gasteiger partial charge in [-0.05, 0) is 49.2 Å². The van der Waals surface area contributed by atoms with Crippen LogP contribution < -0.4 is 14.9 Å². The zero-order chi connectivity index (χ0) is 23.4. The highest BCUT2D eigenvalue weighted by atomic mass is 35.5. The third-order valence-electron chi connectivity index (χ3n) is 5.24. The van der Waals surface area contributed by atoms with E-state index in [1.807, 2.05) is 4.90 Å². The van der Waals surface area contributed by atoms with Gasteiger partial charge in [0.05, 0.1) is 17.3 Å². The summed E-state index contributed by atoms with van der Waals surface area (Å²) in [6, 6.07) is 11.1. The fourth-order valence-corrected chi connectivity index (χ4v) is 4.97. The SMILES string of the molecule is O=C(Nc1cc(Cl)ccc1NS(=O)(=O)c1ccccc1F)C1CCCN(c2ncccn2)C1. The third kappa shape index (κ3) is 5.40. The molecule has 172 valence electrons. The number of carbonyl (C=O) groups excluding carboxylic acids is 1. The number of halogens is 2. The van der Waals surface area contributed by atoms with Crippen LogP contribution in [0.1, 0.15) is 12.8 Å². The largest absolute Gasteiger partial charge is 0.340 e. The fraction of sp³-hybridized carbons (Fsp3) is 0.227. The number of nitrogens with one attached hydrogen (secondary N) is 2. The minimum absolute atomic E-state index is 0.0788. The first-order valence-corrected chi connectivity index (χ1v) is 12.1. The summed E-state index contributed by atoms with van der Waals surface area (Å²) in [6.45, 7) is 1.16. The van der Waals surface area contributed by atoms with Crippen LogP contribution >= 0.6 is 11.6 Å². The number of aromatic nitrogens is 2. The van der Waals surface area contributed by atoms with Gasteiger partial charge in [-0.1, -0.05) is 23.7 Å². The predicted octanol–water partition coefficient (Wildman–Crippen LogP) is 3.93. The lowest BCUT2D eigenvalue weighted by atomic mass is 9.97. The molecule has 2 heterocycles. The smallest absolute Gasteiger partial charge is 0.264 e. The Kier molecular flexibility index (Phi) is 6.75. The molecule has 1 fully saturated rings. The molecule has 0 spiro atoms. The maximum absolute atomic E-state index is 14.1. The summed E-state index contributed by atoms with van der Waals surface area (Å²) in [5.74, 6) is -0.979. The van der Waals surface area contributed by atoms with Gasteiger partial charge in [0, 0.05) is 30.5 Å². The van der Waals surface area contributed by atoms with Gasteiger partial charge in [0.25, 0.3) is 10.0 Å². The Hall–Kier alpha value is -3.24. The van der Waals surface area contributed by atoms with E-state index in [1.54, 1.807) is 18.5 Å². The van der Waals surface area contributed by atoms with Crippen molar-refractivity contribution in [3.63, 3.8) is 0 Å². The lowest BCUT2D eigenvalue weighted by Crippen LogP contribution is -2.41. The molecule has 8 nitrogen and oxygen atoms in total. The molecular formula is C22H21ClFN5O3S. The molecule has 0 saturated carbocycles. The highest BCUT2D eigenvalue weighted by molar-refractivity contribution is 7.92. The van der Waals surface area contributed by atoms with Gasteiger partial charge in [-0.3, -0.25) is 9.52 Å². The molecule has 0 bridgehead atoms. The monoisotopic (exact) mass is 489 g/mol. The highest BCUT2D eigenvalue weighted by Crippen LogP contribution is 2.30. The number of anilines is 3. The number of nitrogens with zero attached hydrogens (tertiary/aromatic N) is 3. The molecular weight excluding hydrogens is 469 g/mol. The first kappa shape index (κ1) is 22.9. The average molecular weight is 490 g/mol. The maximum Gasteiger partial charge on any atom is 0.264 e. The summed E-state index contributed by atoms with van der Waals surface area (Å²) in [7, 11) is -4.23. The second-order valence-corrected chi connectivity index (χ2v) is 9.64. The number of sulfonamides is 1. The first-order valence-electron chi connectivity index (χ1n) is 10.2. The van der Waals surface area contributed by atoms with Gasteiger partial charge in [-0.25, -0.2) is 22.8 Å². The van der Waals surface area contributed by atoms with Crippen LogP contribution in [0.4, 0.5) is 21.7 Å². The van der Waals surface area contributed by atoms with Gasteiger partial charge < -0.3 is 10.2 Å². The van der Waals surface area contributed by atoms with Crippen LogP contribution in [0.3, 0.4) is 0 Å². The Morgan fingerprint density at radius 1 is 1.09 bits per heavy atom. The highest BCUT2D eigenvalue weighted by Gasteiger charge is 2.28. The van der Waals surface area contributed by atoms with Crippen molar-refractivity contribution in [1.29, 1.82) is 0 Å². The van der Waals surface area contributed by atoms with Crippen molar-refractivity contribution in [2.45, 2.75) is 17.7 Å². The van der Waals surface area contributed by atoms with E-state index < -0.39 is 20.7 Å². The molecule has 1 aromatic heterocycles. The van der Waals surface area contributed by atoms with E-state index in [4.69, 9.17) is 11.6 Å². The molecule has 33 heavy (non-hydrogen) atoms. The Labute approximate surface area is 195 Å². The first-order chi connectivity index (χ1) is 15.8. The van der Waals surface area contributed by atoms with Crippen molar-refractivity contribution >= 4 is 44.9 Å². The van der Waals surface area contributed by atoms with Crippen molar-refractivity contribution in [3.05, 3.63) is 71.8 Å². The third-order valence-corrected chi connectivity index (χ3v) is 6.87. The van der Waals surface area contributed by atoms with Gasteiger partial charge in [0.2, 0.25) is 11.9 Å². The molecule has 1 unspecified atom stereocenters. The second-order valence-electron chi connectivity index (χ2n) is 7.55. The van der Waals surface area contributed by atoms with Crippen LogP contribution in [0.15, 0.2) is 65.8 Å². The lowest BCUT2D eigenvalue weighted by molar-refractivity contribution is -0.120. The van der Waals surface area contributed by atoms with E-state index in [0.29, 0.717) is 23.9 Å². The van der Waals surface area contributed by atoms with E-state index >= 15 is 0 Å². The quantitative estimate of drug-likeness (QED) is 0.543. The van der Waals surface area contributed by atoms with Crippen LogP contribution in [0.2, 0.25) is 5.02 Å². The van der Waals surface area contributed by atoms with Gasteiger partial charge in [0.15, 0.2) is 0 Å². The molecule has 0 radical (unpaired) electrons. The summed E-state index contributed by atoms with van der Waals surface area (Å²) in [5.41, 5.74) is 0.260. The Morgan fingerprint density at radius 2 is 1.85 bits per heavy atom. The van der Waals surface area contributed by atoms with E-state index in [9.17, 15) is 17.6 Å². The summed E-state index contributed by atoms with van der Waals surface area (Å²) in [4.78, 5) is 23.0. The minimum Gasteiger partial charge on any atom is -0.340 e. The van der Waals surface area contributed by atoms with E-state index in [0.717, 1.165) is 25.1 Å². The van der Waals surface area contributed by atoms with Crippen molar-refractivity contribution in [1.82, 2.24) is 9.97 Å². The topological polar surface area (TPSA) is 104 Å². The lowest BCUT2D eigenvalue weighted by Gasteiger charge is -2.32. The zero-order valence-electron chi connectivity index (χ0n) is 17.4. The number of rotatable bonds is 6. The van der Waals surface area contributed by atoms with Crippen molar-refractivity contribution in [2.75, 3.05) is 28.0 Å². The average Bonchev–Trinajstić information content (AvgIpc) is 2.81. The molecule has 2 aromatic carbocycles. The van der Waals surface area contributed by atoms with Crippen LogP contribution in [-0.4, -0.2) is 37.4 Å². The van der Waals surface area contributed by atoms with Crippen LogP contribution in [-0.2, 0) is 14.8 Å². The van der Waals surface area contributed by atoms with Crippen LogP contribution in [0.25, 0.3) is 0 Å². The normalized spacial score (nSPS) is 16.3. The van der Waals surface area contributed by atoms with Gasteiger partial charge in [0.1, 0.15) is 10.7 Å². The number of piperidine rings is 1. The molecule has 3 aromatic rings. The van der Waals surface area contributed by atoms with Gasteiger partial charge in [-0.15, -0.1) is 0 Å². The fourth-order valence-electron chi connectivity index (χ4n) is 3.63. The number of amides is 1. The number of benzene rings is 2. The van der Waals surface area contributed by atoms with Gasteiger partial charge in [-0.2, -0.15) is 0 Å². The molecule has 0 aliphatic carbocycles. The number of hydrogen-bond donors (Lipinski definition) is 2. The van der Waals surface area contributed by atoms with Crippen molar-refractivity contribution < 1.29 is 17.6 Å². The van der Waals surface area contributed by atoms with Crippen LogP contribution in [0, 0.1) is 11.7 Å². The zero-order valence-corrected chi connectivity index (χ0v) is 19.0. The Balaban J connectivity index is 1.53. The molecule has 2 N–H and O–H groups in total. The molecule has 11 heteroatoms. The van der Waals surface area contributed by atoms with E-state index in [1.165, 1.54) is 30.3 Å². The molecule has 4 rings (SSSR count). The second kappa shape index (κ2) is 9.72. The maximum atomic E-state index is 14.1. The standard InChI is InChI=1S/C22H21ClFN5O3S/c23-16-8-9-18(28-33(31,32)20-7-2-1-6-17(20)24)19(13-16)27-21(30)15-5-3-12-29(14-15)22-25-10-4-11-26-22/h1-2,4,6-11,13,15,28H,3,5,12,14H2,(H,27,30). The molecule has 1 aliphatic rings. The van der Waals surface area contributed by atoms with Crippen LogP contribution in [0.5, 0.6) is 0 Å². The predicted molar refractivity (Wildman–Crippen MR) is 124 cm³/mol. The summed E-state index contributed by atoms with van der Waals surface area (Å²) >= 11 is 6.09. The molecule has 1 saturated heterocycles. The van der Waals surface area contributed by atoms with E-state index in [-0.39, 0.29) is 23.2 Å². The summed E-state index contributed by atoms with van der Waals surface area (Å²) < 4.78 is 41.9. The number of carbonyl (C=O) groups is 1. The van der Waals surface area contributed by atoms with E-state index in [2.05, 4.69) is 20.0 Å². The molecule has 1 aliphatic heterocycles. The van der Waals surface area contributed by atoms with Crippen molar-refractivity contribution in [2.24, 2.45) is 5.92 Å². The molecule has 1 amide bonds. The Bertz CT molecular complexity index is 1260.